The van der Waals surface area contributed by atoms with E-state index in [4.69, 9.17) is 19.2 Å². The molecule has 0 saturated carbocycles. The Hall–Kier alpha value is -0.760. The Morgan fingerprint density at radius 1 is 0.815 bits per heavy atom. The van der Waals surface area contributed by atoms with Gasteiger partial charge in [0.2, 0.25) is 0 Å². The molecule has 0 heterocycles. The minimum absolute atomic E-state index is 0.0610. The van der Waals surface area contributed by atoms with Gasteiger partial charge in [-0.2, -0.15) is 8.42 Å². The van der Waals surface area contributed by atoms with E-state index in [2.05, 4.69) is 6.92 Å². The van der Waals surface area contributed by atoms with Crippen LogP contribution >= 0.6 is 7.82 Å². The third-order valence-electron chi connectivity index (χ3n) is 4.05. The second kappa shape index (κ2) is 14.3. The standard InChI is InChI=1S/C18H30O3S.H3O4P/c1-2-3-4-5-6-7-8-9-10-11-14-17-15-12-13-16-18(17)22(19,20)21;1-5(2,3)4/h12-13,15-16H,2-11,14H2,1H3,(H,19,20,21);(H3,1,2,3,4). The van der Waals surface area contributed by atoms with Crippen molar-refractivity contribution >= 4 is 17.9 Å². The van der Waals surface area contributed by atoms with E-state index in [1.165, 1.54) is 57.4 Å². The van der Waals surface area contributed by atoms with Gasteiger partial charge in [0.15, 0.2) is 0 Å². The molecule has 9 heteroatoms. The molecule has 0 atom stereocenters. The van der Waals surface area contributed by atoms with Crippen LogP contribution in [0.3, 0.4) is 0 Å². The first kappa shape index (κ1) is 26.2. The number of phosphoric acid groups is 1. The summed E-state index contributed by atoms with van der Waals surface area (Å²) in [6.07, 6.45) is 13.3. The fourth-order valence-corrected chi connectivity index (χ4v) is 3.52. The largest absolute Gasteiger partial charge is 0.466 e. The van der Waals surface area contributed by atoms with Crippen molar-refractivity contribution in [2.45, 2.75) is 82.4 Å². The van der Waals surface area contributed by atoms with Gasteiger partial charge in [-0.3, -0.25) is 4.55 Å². The van der Waals surface area contributed by atoms with Crippen molar-refractivity contribution in [1.29, 1.82) is 0 Å². The second-order valence-corrected chi connectivity index (χ2v) is 8.94. The summed E-state index contributed by atoms with van der Waals surface area (Å²) in [6.45, 7) is 2.24. The summed E-state index contributed by atoms with van der Waals surface area (Å²) in [5.74, 6) is 0. The van der Waals surface area contributed by atoms with Crippen molar-refractivity contribution in [3.05, 3.63) is 29.8 Å². The van der Waals surface area contributed by atoms with Crippen LogP contribution in [-0.2, 0) is 21.1 Å². The minimum atomic E-state index is -4.64. The van der Waals surface area contributed by atoms with Crippen LogP contribution in [0.25, 0.3) is 0 Å². The molecule has 0 spiro atoms. The molecule has 1 aromatic carbocycles. The van der Waals surface area contributed by atoms with Crippen molar-refractivity contribution < 1.29 is 32.2 Å². The molecule has 0 aliphatic rings. The highest BCUT2D eigenvalue weighted by atomic mass is 32.2. The zero-order chi connectivity index (χ0) is 20.8. The van der Waals surface area contributed by atoms with Crippen molar-refractivity contribution in [2.75, 3.05) is 0 Å². The molecule has 1 aromatic rings. The van der Waals surface area contributed by atoms with Crippen molar-refractivity contribution in [1.82, 2.24) is 0 Å². The lowest BCUT2D eigenvalue weighted by Gasteiger charge is -2.07. The highest BCUT2D eigenvalue weighted by molar-refractivity contribution is 7.85. The van der Waals surface area contributed by atoms with E-state index < -0.39 is 17.9 Å². The van der Waals surface area contributed by atoms with Crippen LogP contribution in [-0.4, -0.2) is 27.7 Å². The topological polar surface area (TPSA) is 132 Å². The summed E-state index contributed by atoms with van der Waals surface area (Å²) in [7, 11) is -8.73. The van der Waals surface area contributed by atoms with Crippen molar-refractivity contribution in [2.24, 2.45) is 0 Å². The second-order valence-electron chi connectivity index (χ2n) is 6.53. The van der Waals surface area contributed by atoms with Gasteiger partial charge in [0, 0.05) is 0 Å². The number of unbranched alkanes of at least 4 members (excludes halogenated alkanes) is 9. The zero-order valence-corrected chi connectivity index (χ0v) is 17.7. The third-order valence-corrected chi connectivity index (χ3v) is 5.00. The number of rotatable bonds is 12. The highest BCUT2D eigenvalue weighted by Crippen LogP contribution is 2.25. The summed E-state index contributed by atoms with van der Waals surface area (Å²) >= 11 is 0. The quantitative estimate of drug-likeness (QED) is 0.221. The average Bonchev–Trinajstić information content (AvgIpc) is 2.54. The molecule has 0 aromatic heterocycles. The molecule has 7 nitrogen and oxygen atoms in total. The van der Waals surface area contributed by atoms with E-state index in [9.17, 15) is 13.0 Å². The molecular weight excluding hydrogens is 391 g/mol. The zero-order valence-electron chi connectivity index (χ0n) is 16.0. The van der Waals surface area contributed by atoms with Crippen LogP contribution in [0.1, 0.15) is 76.7 Å². The summed E-state index contributed by atoms with van der Waals surface area (Å²) < 4.78 is 40.7. The van der Waals surface area contributed by atoms with E-state index in [1.54, 1.807) is 12.1 Å². The summed E-state index contributed by atoms with van der Waals surface area (Å²) in [5, 5.41) is 0. The maximum absolute atomic E-state index is 11.3. The van der Waals surface area contributed by atoms with E-state index in [-0.39, 0.29) is 4.90 Å². The van der Waals surface area contributed by atoms with Gasteiger partial charge in [-0.15, -0.1) is 0 Å². The van der Waals surface area contributed by atoms with Gasteiger partial charge in [0.1, 0.15) is 0 Å². The number of benzene rings is 1. The minimum Gasteiger partial charge on any atom is -0.303 e. The molecule has 4 N–H and O–H groups in total. The van der Waals surface area contributed by atoms with Crippen LogP contribution in [0.2, 0.25) is 0 Å². The van der Waals surface area contributed by atoms with Gasteiger partial charge in [0.05, 0.1) is 4.90 Å². The molecular formula is C18H33O7PS. The molecule has 0 bridgehead atoms. The van der Waals surface area contributed by atoms with E-state index in [1.807, 2.05) is 6.07 Å². The molecule has 0 saturated heterocycles. The predicted molar refractivity (Wildman–Crippen MR) is 106 cm³/mol. The maximum atomic E-state index is 11.3. The molecule has 0 fully saturated rings. The Morgan fingerprint density at radius 3 is 1.67 bits per heavy atom. The summed E-state index contributed by atoms with van der Waals surface area (Å²) in [6, 6.07) is 6.73. The van der Waals surface area contributed by atoms with Gasteiger partial charge < -0.3 is 14.7 Å². The summed E-state index contributed by atoms with van der Waals surface area (Å²) in [5.41, 5.74) is 0.726. The molecule has 0 amide bonds. The molecule has 0 radical (unpaired) electrons. The lowest BCUT2D eigenvalue weighted by Crippen LogP contribution is -2.03. The van der Waals surface area contributed by atoms with Crippen LogP contribution in [0.4, 0.5) is 0 Å². The fraction of sp³-hybridized carbons (Fsp3) is 0.667. The maximum Gasteiger partial charge on any atom is 0.466 e. The Morgan fingerprint density at radius 2 is 1.22 bits per heavy atom. The van der Waals surface area contributed by atoms with Gasteiger partial charge in [-0.05, 0) is 24.5 Å². The Labute approximate surface area is 162 Å². The average molecular weight is 424 g/mol. The first-order valence-electron chi connectivity index (χ1n) is 9.39. The van der Waals surface area contributed by atoms with Gasteiger partial charge >= 0.3 is 7.82 Å². The predicted octanol–water partition coefficient (Wildman–Crippen LogP) is 4.47. The Bertz CT molecular complexity index is 647. The smallest absolute Gasteiger partial charge is 0.303 e. The first-order chi connectivity index (χ1) is 12.6. The van der Waals surface area contributed by atoms with Crippen LogP contribution in [0.15, 0.2) is 29.2 Å². The SMILES string of the molecule is CCCCCCCCCCCCc1ccccc1S(=O)(=O)O.O=P(O)(O)O. The molecule has 27 heavy (non-hydrogen) atoms. The van der Waals surface area contributed by atoms with Crippen LogP contribution < -0.4 is 0 Å². The molecule has 0 aliphatic heterocycles. The van der Waals surface area contributed by atoms with Crippen LogP contribution in [0.5, 0.6) is 0 Å². The first-order valence-corrected chi connectivity index (χ1v) is 12.4. The van der Waals surface area contributed by atoms with Crippen molar-refractivity contribution in [3.63, 3.8) is 0 Å². The number of hydrogen-bond donors (Lipinski definition) is 4. The molecule has 0 unspecified atom stereocenters. The normalized spacial score (nSPS) is 11.7. The molecule has 158 valence electrons. The van der Waals surface area contributed by atoms with E-state index in [0.29, 0.717) is 6.42 Å². The molecule has 0 aliphatic carbocycles. The molecule has 1 rings (SSSR count). The van der Waals surface area contributed by atoms with Gasteiger partial charge in [0.25, 0.3) is 10.1 Å². The van der Waals surface area contributed by atoms with Gasteiger partial charge in [-0.1, -0.05) is 82.9 Å². The monoisotopic (exact) mass is 424 g/mol. The fourth-order valence-electron chi connectivity index (χ4n) is 2.76. The van der Waals surface area contributed by atoms with E-state index in [0.717, 1.165) is 18.4 Å². The van der Waals surface area contributed by atoms with Crippen LogP contribution in [0, 0.1) is 0 Å². The Kier molecular flexibility index (Phi) is 13.9. The Balaban J connectivity index is 0.00000119. The lowest BCUT2D eigenvalue weighted by molar-refractivity contribution is 0.275. The number of hydrogen-bond acceptors (Lipinski definition) is 3. The lowest BCUT2D eigenvalue weighted by atomic mass is 10.0. The third kappa shape index (κ3) is 17.1. The van der Waals surface area contributed by atoms with E-state index >= 15 is 0 Å². The summed E-state index contributed by atoms with van der Waals surface area (Å²) in [4.78, 5) is 21.6. The van der Waals surface area contributed by atoms with Gasteiger partial charge in [-0.25, -0.2) is 4.57 Å². The highest BCUT2D eigenvalue weighted by Gasteiger charge is 2.13. The van der Waals surface area contributed by atoms with Crippen molar-refractivity contribution in [3.8, 4) is 0 Å². The number of aryl methyl sites for hydroxylation is 1.